The molecule has 2 rings (SSSR count). The summed E-state index contributed by atoms with van der Waals surface area (Å²) in [5.74, 6) is 1.52. The molecular formula is C14H20N4. The first-order valence-electron chi connectivity index (χ1n) is 6.57. The molecule has 96 valence electrons. The van der Waals surface area contributed by atoms with Crippen LogP contribution < -0.4 is 5.32 Å². The maximum absolute atomic E-state index is 8.96. The number of rotatable bonds is 4. The van der Waals surface area contributed by atoms with Gasteiger partial charge in [-0.25, -0.2) is 4.98 Å². The summed E-state index contributed by atoms with van der Waals surface area (Å²) in [5.41, 5.74) is 0.626. The van der Waals surface area contributed by atoms with Gasteiger partial charge in [0.1, 0.15) is 11.9 Å². The molecule has 0 atom stereocenters. The summed E-state index contributed by atoms with van der Waals surface area (Å²) in [6, 6.07) is 5.75. The Morgan fingerprint density at radius 2 is 2.28 bits per heavy atom. The zero-order valence-corrected chi connectivity index (χ0v) is 10.9. The minimum atomic E-state index is 0.626. The zero-order valence-electron chi connectivity index (χ0n) is 10.9. The maximum atomic E-state index is 8.96. The van der Waals surface area contributed by atoms with Gasteiger partial charge in [-0.1, -0.05) is 0 Å². The average Bonchev–Trinajstić information content (AvgIpc) is 2.41. The van der Waals surface area contributed by atoms with Crippen LogP contribution in [0, 0.1) is 17.2 Å². The molecule has 0 radical (unpaired) electrons. The van der Waals surface area contributed by atoms with Crippen molar-refractivity contribution in [1.29, 1.82) is 5.26 Å². The number of anilines is 1. The maximum Gasteiger partial charge on any atom is 0.143 e. The van der Waals surface area contributed by atoms with Gasteiger partial charge in [-0.3, -0.25) is 0 Å². The van der Waals surface area contributed by atoms with Crippen LogP contribution in [0.15, 0.2) is 18.3 Å². The number of nitriles is 1. The monoisotopic (exact) mass is 244 g/mol. The third-order valence-electron chi connectivity index (χ3n) is 3.61. The Morgan fingerprint density at radius 1 is 1.50 bits per heavy atom. The smallest absolute Gasteiger partial charge is 0.143 e. The number of aromatic nitrogens is 1. The molecule has 0 aromatic carbocycles. The number of likely N-dealkylation sites (tertiary alicyclic amines) is 1. The first kappa shape index (κ1) is 12.8. The lowest BCUT2D eigenvalue weighted by Crippen LogP contribution is -2.30. The van der Waals surface area contributed by atoms with Crippen molar-refractivity contribution in [3.8, 4) is 6.07 Å². The van der Waals surface area contributed by atoms with Crippen molar-refractivity contribution in [2.75, 3.05) is 32.0 Å². The van der Waals surface area contributed by atoms with E-state index in [4.69, 9.17) is 5.26 Å². The predicted octanol–water partition coefficient (Wildman–Crippen LogP) is 2.10. The molecule has 1 saturated heterocycles. The van der Waals surface area contributed by atoms with Gasteiger partial charge in [0.05, 0.1) is 5.56 Å². The molecule has 0 spiro atoms. The lowest BCUT2D eigenvalue weighted by molar-refractivity contribution is 0.215. The standard InChI is InChI=1S/C14H20N4/c1-18-9-5-12(6-10-18)4-8-17-14-13(11-15)3-2-7-16-14/h2-3,7,12H,4-6,8-10H2,1H3,(H,16,17). The Kier molecular flexibility index (Phi) is 4.54. The molecule has 0 unspecified atom stereocenters. The number of nitrogens with zero attached hydrogens (tertiary/aromatic N) is 3. The fraction of sp³-hybridized carbons (Fsp3) is 0.571. The van der Waals surface area contributed by atoms with E-state index in [0.717, 1.165) is 18.9 Å². The number of hydrogen-bond donors (Lipinski definition) is 1. The third kappa shape index (κ3) is 3.44. The summed E-state index contributed by atoms with van der Waals surface area (Å²) in [6.45, 7) is 3.31. The molecule has 1 aromatic heterocycles. The second kappa shape index (κ2) is 6.36. The first-order chi connectivity index (χ1) is 8.79. The molecule has 1 aliphatic heterocycles. The molecule has 1 aliphatic rings. The molecule has 2 heterocycles. The van der Waals surface area contributed by atoms with Gasteiger partial charge in [-0.05, 0) is 57.5 Å². The molecule has 1 aromatic rings. The van der Waals surface area contributed by atoms with Crippen molar-refractivity contribution in [2.24, 2.45) is 5.92 Å². The Balaban J connectivity index is 1.77. The van der Waals surface area contributed by atoms with Crippen LogP contribution in [-0.4, -0.2) is 36.6 Å². The van der Waals surface area contributed by atoms with E-state index >= 15 is 0 Å². The van der Waals surface area contributed by atoms with E-state index in [2.05, 4.69) is 28.3 Å². The Hall–Kier alpha value is -1.60. The highest BCUT2D eigenvalue weighted by Gasteiger charge is 2.16. The summed E-state index contributed by atoms with van der Waals surface area (Å²) in [5, 5.41) is 12.2. The lowest BCUT2D eigenvalue weighted by Gasteiger charge is -2.28. The van der Waals surface area contributed by atoms with Gasteiger partial charge in [0.15, 0.2) is 0 Å². The van der Waals surface area contributed by atoms with Crippen LogP contribution in [0.25, 0.3) is 0 Å². The van der Waals surface area contributed by atoms with Crippen molar-refractivity contribution in [2.45, 2.75) is 19.3 Å². The molecule has 1 fully saturated rings. The van der Waals surface area contributed by atoms with Crippen molar-refractivity contribution >= 4 is 5.82 Å². The molecule has 0 bridgehead atoms. The van der Waals surface area contributed by atoms with Gasteiger partial charge in [0, 0.05) is 12.7 Å². The highest BCUT2D eigenvalue weighted by molar-refractivity contribution is 5.50. The average molecular weight is 244 g/mol. The minimum absolute atomic E-state index is 0.626. The number of nitrogens with one attached hydrogen (secondary N) is 1. The third-order valence-corrected chi connectivity index (χ3v) is 3.61. The van der Waals surface area contributed by atoms with E-state index in [0.29, 0.717) is 11.4 Å². The molecule has 0 amide bonds. The molecule has 0 saturated carbocycles. The zero-order chi connectivity index (χ0) is 12.8. The van der Waals surface area contributed by atoms with Crippen LogP contribution >= 0.6 is 0 Å². The molecule has 0 aliphatic carbocycles. The van der Waals surface area contributed by atoms with Gasteiger partial charge in [-0.15, -0.1) is 0 Å². The van der Waals surface area contributed by atoms with Gasteiger partial charge >= 0.3 is 0 Å². The number of hydrogen-bond acceptors (Lipinski definition) is 4. The molecule has 4 heteroatoms. The normalized spacial score (nSPS) is 17.3. The summed E-state index contributed by atoms with van der Waals surface area (Å²) < 4.78 is 0. The number of piperidine rings is 1. The Bertz CT molecular complexity index is 416. The fourth-order valence-corrected chi connectivity index (χ4v) is 2.38. The summed E-state index contributed by atoms with van der Waals surface area (Å²) >= 11 is 0. The van der Waals surface area contributed by atoms with E-state index in [1.165, 1.54) is 25.9 Å². The summed E-state index contributed by atoms with van der Waals surface area (Å²) in [7, 11) is 2.18. The first-order valence-corrected chi connectivity index (χ1v) is 6.57. The lowest BCUT2D eigenvalue weighted by atomic mass is 9.94. The molecule has 4 nitrogen and oxygen atoms in total. The van der Waals surface area contributed by atoms with Crippen molar-refractivity contribution < 1.29 is 0 Å². The quantitative estimate of drug-likeness (QED) is 0.881. The highest BCUT2D eigenvalue weighted by atomic mass is 15.1. The van der Waals surface area contributed by atoms with Gasteiger partial charge in [0.2, 0.25) is 0 Å². The van der Waals surface area contributed by atoms with Gasteiger partial charge < -0.3 is 10.2 Å². The van der Waals surface area contributed by atoms with E-state index in [1.54, 1.807) is 18.3 Å². The number of pyridine rings is 1. The second-order valence-electron chi connectivity index (χ2n) is 4.97. The van der Waals surface area contributed by atoms with Gasteiger partial charge in [0.25, 0.3) is 0 Å². The fourth-order valence-electron chi connectivity index (χ4n) is 2.38. The van der Waals surface area contributed by atoms with E-state index in [-0.39, 0.29) is 0 Å². The minimum Gasteiger partial charge on any atom is -0.369 e. The summed E-state index contributed by atoms with van der Waals surface area (Å²) in [4.78, 5) is 6.59. The highest BCUT2D eigenvalue weighted by Crippen LogP contribution is 2.19. The predicted molar refractivity (Wildman–Crippen MR) is 72.3 cm³/mol. The van der Waals surface area contributed by atoms with Crippen LogP contribution in [0.4, 0.5) is 5.82 Å². The van der Waals surface area contributed by atoms with Crippen molar-refractivity contribution in [3.05, 3.63) is 23.9 Å². The second-order valence-corrected chi connectivity index (χ2v) is 4.97. The van der Waals surface area contributed by atoms with Crippen molar-refractivity contribution in [1.82, 2.24) is 9.88 Å². The topological polar surface area (TPSA) is 52.0 Å². The van der Waals surface area contributed by atoms with E-state index in [1.807, 2.05) is 0 Å². The van der Waals surface area contributed by atoms with Crippen molar-refractivity contribution in [3.63, 3.8) is 0 Å². The van der Waals surface area contributed by atoms with E-state index in [9.17, 15) is 0 Å². The molecular weight excluding hydrogens is 224 g/mol. The molecule has 18 heavy (non-hydrogen) atoms. The van der Waals surface area contributed by atoms with E-state index < -0.39 is 0 Å². The van der Waals surface area contributed by atoms with Crippen LogP contribution in [-0.2, 0) is 0 Å². The largest absolute Gasteiger partial charge is 0.369 e. The Morgan fingerprint density at radius 3 is 3.00 bits per heavy atom. The van der Waals surface area contributed by atoms with Crippen LogP contribution in [0.2, 0.25) is 0 Å². The Labute approximate surface area is 109 Å². The van der Waals surface area contributed by atoms with Crippen LogP contribution in [0.1, 0.15) is 24.8 Å². The van der Waals surface area contributed by atoms with Gasteiger partial charge in [-0.2, -0.15) is 5.26 Å². The molecule has 1 N–H and O–H groups in total. The summed E-state index contributed by atoms with van der Waals surface area (Å²) in [6.07, 6.45) is 5.45. The SMILES string of the molecule is CN1CCC(CCNc2ncccc2C#N)CC1. The van der Waals surface area contributed by atoms with Crippen LogP contribution in [0.3, 0.4) is 0 Å². The van der Waals surface area contributed by atoms with Crippen LogP contribution in [0.5, 0.6) is 0 Å².